The summed E-state index contributed by atoms with van der Waals surface area (Å²) in [7, 11) is 0. The van der Waals surface area contributed by atoms with E-state index in [4.69, 9.17) is 0 Å². The average molecular weight is 346 g/mol. The Labute approximate surface area is 147 Å². The van der Waals surface area contributed by atoms with Gasteiger partial charge in [0.25, 0.3) is 0 Å². The zero-order valence-corrected chi connectivity index (χ0v) is 14.8. The summed E-state index contributed by atoms with van der Waals surface area (Å²) in [6, 6.07) is 7.06. The van der Waals surface area contributed by atoms with Crippen LogP contribution in [0, 0.1) is 5.82 Å². The zero-order valence-electron chi connectivity index (χ0n) is 14.0. The van der Waals surface area contributed by atoms with Gasteiger partial charge in [-0.2, -0.15) is 0 Å². The number of thioether (sulfide) groups is 1. The summed E-state index contributed by atoms with van der Waals surface area (Å²) in [6.45, 7) is 5.57. The first-order chi connectivity index (χ1) is 11.7. The minimum absolute atomic E-state index is 0.107. The van der Waals surface area contributed by atoms with Crippen LogP contribution in [0.3, 0.4) is 0 Å². The average Bonchev–Trinajstić information content (AvgIpc) is 2.83. The molecule has 0 bridgehead atoms. The molecular formula is C18H23FN4S. The predicted octanol–water partition coefficient (Wildman–Crippen LogP) is 3.05. The molecule has 0 saturated carbocycles. The second kappa shape index (κ2) is 8.55. The molecular weight excluding hydrogens is 323 g/mol. The molecule has 2 heterocycles. The molecule has 0 unspecified atom stereocenters. The standard InChI is InChI=1S/C18H23FN4S/c1-24-18-20-11-15(12-21-18)13-22-7-4-8-23(10-9-22)14-16-5-2-3-6-17(16)19/h2-3,5-6,11-12H,4,7-10,13-14H2,1H3. The van der Waals surface area contributed by atoms with Gasteiger partial charge in [0.15, 0.2) is 5.16 Å². The van der Waals surface area contributed by atoms with E-state index >= 15 is 0 Å². The molecule has 4 nitrogen and oxygen atoms in total. The van der Waals surface area contributed by atoms with Crippen molar-refractivity contribution < 1.29 is 4.39 Å². The highest BCUT2D eigenvalue weighted by Crippen LogP contribution is 2.14. The highest BCUT2D eigenvalue weighted by molar-refractivity contribution is 7.98. The summed E-state index contributed by atoms with van der Waals surface area (Å²) >= 11 is 1.56. The molecule has 1 aromatic heterocycles. The largest absolute Gasteiger partial charge is 0.298 e. The third-order valence-corrected chi connectivity index (χ3v) is 4.88. The molecule has 0 radical (unpaired) electrons. The molecule has 1 aromatic carbocycles. The van der Waals surface area contributed by atoms with Gasteiger partial charge in [-0.3, -0.25) is 9.80 Å². The summed E-state index contributed by atoms with van der Waals surface area (Å²) < 4.78 is 13.8. The molecule has 0 atom stereocenters. The minimum Gasteiger partial charge on any atom is -0.298 e. The van der Waals surface area contributed by atoms with Crippen molar-refractivity contribution in [3.63, 3.8) is 0 Å². The Morgan fingerprint density at radius 2 is 1.67 bits per heavy atom. The molecule has 2 aromatic rings. The quantitative estimate of drug-likeness (QED) is 0.614. The lowest BCUT2D eigenvalue weighted by Gasteiger charge is -2.22. The van der Waals surface area contributed by atoms with Crippen molar-refractivity contribution in [3.8, 4) is 0 Å². The predicted molar refractivity (Wildman–Crippen MR) is 95.4 cm³/mol. The molecule has 24 heavy (non-hydrogen) atoms. The van der Waals surface area contributed by atoms with E-state index in [9.17, 15) is 4.39 Å². The summed E-state index contributed by atoms with van der Waals surface area (Å²) in [5.74, 6) is -0.107. The van der Waals surface area contributed by atoms with Gasteiger partial charge in [0.05, 0.1) is 0 Å². The molecule has 0 aliphatic carbocycles. The molecule has 6 heteroatoms. The van der Waals surface area contributed by atoms with Crippen molar-refractivity contribution in [2.24, 2.45) is 0 Å². The molecule has 1 aliphatic rings. The van der Waals surface area contributed by atoms with Crippen LogP contribution in [0.2, 0.25) is 0 Å². The van der Waals surface area contributed by atoms with E-state index in [-0.39, 0.29) is 5.82 Å². The lowest BCUT2D eigenvalue weighted by atomic mass is 10.2. The van der Waals surface area contributed by atoms with Crippen LogP contribution < -0.4 is 0 Å². The van der Waals surface area contributed by atoms with Gasteiger partial charge in [-0.15, -0.1) is 0 Å². The Hall–Kier alpha value is -1.50. The van der Waals surface area contributed by atoms with Crippen LogP contribution in [-0.4, -0.2) is 52.2 Å². The van der Waals surface area contributed by atoms with Crippen LogP contribution in [0.15, 0.2) is 41.8 Å². The summed E-state index contributed by atoms with van der Waals surface area (Å²) in [4.78, 5) is 13.4. The van der Waals surface area contributed by atoms with Gasteiger partial charge < -0.3 is 0 Å². The molecule has 0 spiro atoms. The molecule has 128 valence electrons. The number of hydrogen-bond donors (Lipinski definition) is 0. The van der Waals surface area contributed by atoms with Crippen LogP contribution in [0.25, 0.3) is 0 Å². The summed E-state index contributed by atoms with van der Waals surface area (Å²) in [6.07, 6.45) is 6.91. The smallest absolute Gasteiger partial charge is 0.187 e. The molecule has 0 N–H and O–H groups in total. The second-order valence-corrected chi connectivity index (χ2v) is 6.85. The van der Waals surface area contributed by atoms with Crippen LogP contribution in [0.1, 0.15) is 17.5 Å². The van der Waals surface area contributed by atoms with Gasteiger partial charge in [0, 0.05) is 49.7 Å². The molecule has 1 saturated heterocycles. The second-order valence-electron chi connectivity index (χ2n) is 6.08. The maximum absolute atomic E-state index is 13.8. The third kappa shape index (κ3) is 4.75. The van der Waals surface area contributed by atoms with Crippen molar-refractivity contribution >= 4 is 11.8 Å². The first-order valence-electron chi connectivity index (χ1n) is 8.27. The van der Waals surface area contributed by atoms with Crippen molar-refractivity contribution in [1.29, 1.82) is 0 Å². The fraction of sp³-hybridized carbons (Fsp3) is 0.444. The van der Waals surface area contributed by atoms with Crippen molar-refractivity contribution in [2.45, 2.75) is 24.7 Å². The van der Waals surface area contributed by atoms with E-state index in [0.29, 0.717) is 6.54 Å². The number of rotatable bonds is 5. The minimum atomic E-state index is -0.107. The first-order valence-corrected chi connectivity index (χ1v) is 9.50. The van der Waals surface area contributed by atoms with E-state index in [1.54, 1.807) is 17.8 Å². The van der Waals surface area contributed by atoms with Gasteiger partial charge in [-0.25, -0.2) is 14.4 Å². The Morgan fingerprint density at radius 3 is 2.33 bits per heavy atom. The van der Waals surface area contributed by atoms with Crippen LogP contribution >= 0.6 is 11.8 Å². The summed E-state index contributed by atoms with van der Waals surface area (Å²) in [5.41, 5.74) is 1.93. The number of aromatic nitrogens is 2. The lowest BCUT2D eigenvalue weighted by molar-refractivity contribution is 0.245. The van der Waals surface area contributed by atoms with Gasteiger partial charge in [0.1, 0.15) is 5.82 Å². The van der Waals surface area contributed by atoms with Crippen LogP contribution in [0.5, 0.6) is 0 Å². The highest BCUT2D eigenvalue weighted by Gasteiger charge is 2.16. The van der Waals surface area contributed by atoms with Gasteiger partial charge in [0.2, 0.25) is 0 Å². The lowest BCUT2D eigenvalue weighted by Crippen LogP contribution is -2.30. The Kier molecular flexibility index (Phi) is 6.18. The van der Waals surface area contributed by atoms with Crippen LogP contribution in [-0.2, 0) is 13.1 Å². The molecule has 3 rings (SSSR count). The number of nitrogens with zero attached hydrogens (tertiary/aromatic N) is 4. The summed E-state index contributed by atoms with van der Waals surface area (Å²) in [5, 5.41) is 0.811. The van der Waals surface area contributed by atoms with Gasteiger partial charge in [-0.1, -0.05) is 30.0 Å². The number of halogens is 1. The molecule has 1 aliphatic heterocycles. The zero-order chi connectivity index (χ0) is 16.8. The van der Waals surface area contributed by atoms with Crippen LogP contribution in [0.4, 0.5) is 4.39 Å². The van der Waals surface area contributed by atoms with E-state index in [1.165, 1.54) is 6.07 Å². The Balaban J connectivity index is 1.53. The SMILES string of the molecule is CSc1ncc(CN2CCCN(Cc3ccccc3F)CC2)cn1. The number of benzene rings is 1. The van der Waals surface area contributed by atoms with Crippen molar-refractivity contribution in [3.05, 3.63) is 53.6 Å². The number of hydrogen-bond acceptors (Lipinski definition) is 5. The van der Waals surface area contributed by atoms with E-state index in [1.807, 2.05) is 30.8 Å². The van der Waals surface area contributed by atoms with E-state index in [0.717, 1.165) is 55.4 Å². The molecule has 1 fully saturated rings. The third-order valence-electron chi connectivity index (χ3n) is 4.30. The monoisotopic (exact) mass is 346 g/mol. The molecule has 0 amide bonds. The van der Waals surface area contributed by atoms with E-state index in [2.05, 4.69) is 19.8 Å². The maximum atomic E-state index is 13.8. The highest BCUT2D eigenvalue weighted by atomic mass is 32.2. The Morgan fingerprint density at radius 1 is 1.00 bits per heavy atom. The fourth-order valence-corrected chi connectivity index (χ4v) is 3.31. The van der Waals surface area contributed by atoms with Gasteiger partial charge in [-0.05, 0) is 31.8 Å². The first kappa shape index (κ1) is 17.3. The Bertz CT molecular complexity index is 650. The van der Waals surface area contributed by atoms with Crippen molar-refractivity contribution in [1.82, 2.24) is 19.8 Å². The van der Waals surface area contributed by atoms with E-state index < -0.39 is 0 Å². The fourth-order valence-electron chi connectivity index (χ4n) is 3.00. The normalized spacial score (nSPS) is 16.9. The van der Waals surface area contributed by atoms with Gasteiger partial charge >= 0.3 is 0 Å². The topological polar surface area (TPSA) is 32.3 Å². The maximum Gasteiger partial charge on any atom is 0.187 e. The van der Waals surface area contributed by atoms with Crippen molar-refractivity contribution in [2.75, 3.05) is 32.4 Å².